The van der Waals surface area contributed by atoms with Gasteiger partial charge in [0.1, 0.15) is 18.5 Å². The number of carbonyl (C=O) groups excluding carboxylic acids is 2. The first-order valence-corrected chi connectivity index (χ1v) is 9.41. The van der Waals surface area contributed by atoms with Crippen molar-refractivity contribution in [3.63, 3.8) is 0 Å². The zero-order valence-corrected chi connectivity index (χ0v) is 16.1. The van der Waals surface area contributed by atoms with Crippen LogP contribution in [0.2, 0.25) is 0 Å². The Labute approximate surface area is 170 Å². The smallest absolute Gasteiger partial charge is 0.419 e. The second-order valence-electron chi connectivity index (χ2n) is 7.11. The summed E-state index contributed by atoms with van der Waals surface area (Å²) in [5.41, 5.74) is 1.01. The highest BCUT2D eigenvalue weighted by Crippen LogP contribution is 2.34. The first kappa shape index (κ1) is 19.9. The SMILES string of the molecule is CC(=O)NC[C@H]1CN(c2ccc(C3C=CCn4c3c(CO)oc4=O)c(F)c2)C(=O)O1. The van der Waals surface area contributed by atoms with E-state index in [1.807, 2.05) is 0 Å². The number of nitrogens with one attached hydrogen (secondary N) is 1. The van der Waals surface area contributed by atoms with Gasteiger partial charge in [0, 0.05) is 24.9 Å². The van der Waals surface area contributed by atoms with Crippen molar-refractivity contribution >= 4 is 17.7 Å². The Morgan fingerprint density at radius 3 is 2.87 bits per heavy atom. The molecule has 1 saturated heterocycles. The van der Waals surface area contributed by atoms with Gasteiger partial charge in [-0.1, -0.05) is 18.2 Å². The van der Waals surface area contributed by atoms with Gasteiger partial charge in [0.15, 0.2) is 5.76 Å². The van der Waals surface area contributed by atoms with Gasteiger partial charge in [-0.3, -0.25) is 14.3 Å². The van der Waals surface area contributed by atoms with Gasteiger partial charge in [-0.25, -0.2) is 14.0 Å². The fourth-order valence-electron chi connectivity index (χ4n) is 3.77. The zero-order valence-electron chi connectivity index (χ0n) is 16.1. The summed E-state index contributed by atoms with van der Waals surface area (Å²) in [7, 11) is 0. The highest BCUT2D eigenvalue weighted by Gasteiger charge is 2.34. The van der Waals surface area contributed by atoms with E-state index >= 15 is 4.39 Å². The van der Waals surface area contributed by atoms with Crippen molar-refractivity contribution in [3.8, 4) is 0 Å². The monoisotopic (exact) mass is 417 g/mol. The van der Waals surface area contributed by atoms with Gasteiger partial charge in [-0.05, 0) is 12.1 Å². The number of fused-ring (bicyclic) bond motifs is 1. The Morgan fingerprint density at radius 2 is 2.17 bits per heavy atom. The second kappa shape index (κ2) is 7.79. The van der Waals surface area contributed by atoms with E-state index in [4.69, 9.17) is 9.15 Å². The summed E-state index contributed by atoms with van der Waals surface area (Å²) in [5, 5.41) is 12.1. The third-order valence-corrected chi connectivity index (χ3v) is 5.15. The molecule has 2 amide bonds. The van der Waals surface area contributed by atoms with Crippen LogP contribution in [0.15, 0.2) is 39.6 Å². The molecule has 0 bridgehead atoms. The number of nitrogens with zero attached hydrogens (tertiary/aromatic N) is 2. The van der Waals surface area contributed by atoms with Crippen molar-refractivity contribution in [2.75, 3.05) is 18.0 Å². The first-order valence-electron chi connectivity index (χ1n) is 9.41. The molecule has 0 radical (unpaired) electrons. The molecule has 2 N–H and O–H groups in total. The fraction of sp³-hybridized carbons (Fsp3) is 0.350. The number of hydrogen-bond donors (Lipinski definition) is 2. The van der Waals surface area contributed by atoms with Gasteiger partial charge in [-0.2, -0.15) is 0 Å². The van der Waals surface area contributed by atoms with Crippen molar-refractivity contribution in [1.29, 1.82) is 0 Å². The highest BCUT2D eigenvalue weighted by molar-refractivity contribution is 5.89. The standard InChI is InChI=1S/C20H20FN3O6/c1-11(26)22-8-13-9-24(20(28)29-13)12-4-5-14(16(21)7-12)15-3-2-6-23-18(15)17(10-25)30-19(23)27/h2-5,7,13,15,25H,6,8-10H2,1H3,(H,22,26)/t13-,15?/m0/s1. The number of anilines is 1. The number of cyclic esters (lactones) is 1. The lowest BCUT2D eigenvalue weighted by atomic mass is 9.91. The fourth-order valence-corrected chi connectivity index (χ4v) is 3.77. The molecule has 4 rings (SSSR count). The number of benzene rings is 1. The molecule has 9 nitrogen and oxygen atoms in total. The number of amides is 2. The molecule has 30 heavy (non-hydrogen) atoms. The Kier molecular flexibility index (Phi) is 5.17. The molecule has 0 aliphatic carbocycles. The molecule has 2 atom stereocenters. The predicted octanol–water partition coefficient (Wildman–Crippen LogP) is 1.24. The van der Waals surface area contributed by atoms with Gasteiger partial charge in [0.2, 0.25) is 5.91 Å². The summed E-state index contributed by atoms with van der Waals surface area (Å²) >= 11 is 0. The minimum atomic E-state index is -0.624. The summed E-state index contributed by atoms with van der Waals surface area (Å²) in [6, 6.07) is 4.34. The molecule has 2 aromatic rings. The predicted molar refractivity (Wildman–Crippen MR) is 103 cm³/mol. The minimum absolute atomic E-state index is 0.0989. The molecule has 1 unspecified atom stereocenters. The number of carbonyl (C=O) groups is 2. The zero-order chi connectivity index (χ0) is 21.4. The average Bonchev–Trinajstić information content (AvgIpc) is 3.26. The first-order chi connectivity index (χ1) is 14.4. The maximum Gasteiger partial charge on any atom is 0.419 e. The normalized spacial score (nSPS) is 20.2. The van der Waals surface area contributed by atoms with Crippen LogP contribution >= 0.6 is 0 Å². The van der Waals surface area contributed by atoms with Gasteiger partial charge in [0.25, 0.3) is 0 Å². The van der Waals surface area contributed by atoms with E-state index in [0.717, 1.165) is 0 Å². The number of hydrogen-bond acceptors (Lipinski definition) is 6. The van der Waals surface area contributed by atoms with Crippen LogP contribution in [0.5, 0.6) is 0 Å². The molecule has 1 aromatic heterocycles. The van der Waals surface area contributed by atoms with Crippen molar-refractivity contribution < 1.29 is 28.2 Å². The third-order valence-electron chi connectivity index (χ3n) is 5.15. The number of aromatic nitrogens is 1. The maximum atomic E-state index is 15.1. The Hall–Kier alpha value is -3.40. The molecule has 2 aliphatic heterocycles. The molecular weight excluding hydrogens is 397 g/mol. The molecule has 0 saturated carbocycles. The van der Waals surface area contributed by atoms with Crippen molar-refractivity contribution in [2.45, 2.75) is 32.1 Å². The quantitative estimate of drug-likeness (QED) is 0.708. The molecule has 0 spiro atoms. The Balaban J connectivity index is 1.60. The summed E-state index contributed by atoms with van der Waals surface area (Å²) in [6.07, 6.45) is 2.32. The maximum absolute atomic E-state index is 15.1. The Morgan fingerprint density at radius 1 is 1.37 bits per heavy atom. The Bertz CT molecular complexity index is 1090. The van der Waals surface area contributed by atoms with E-state index in [0.29, 0.717) is 11.4 Å². The van der Waals surface area contributed by atoms with Crippen molar-refractivity contribution in [3.05, 3.63) is 63.7 Å². The number of oxazole rings is 1. The number of rotatable bonds is 5. The second-order valence-corrected chi connectivity index (χ2v) is 7.11. The van der Waals surface area contributed by atoms with Crippen molar-refractivity contribution in [1.82, 2.24) is 9.88 Å². The number of ether oxygens (including phenoxy) is 1. The van der Waals surface area contributed by atoms with Crippen LogP contribution in [-0.2, 0) is 22.7 Å². The van der Waals surface area contributed by atoms with Crippen LogP contribution in [0.3, 0.4) is 0 Å². The van der Waals surface area contributed by atoms with E-state index in [1.54, 1.807) is 18.2 Å². The lowest BCUT2D eigenvalue weighted by molar-refractivity contribution is -0.119. The molecule has 1 fully saturated rings. The summed E-state index contributed by atoms with van der Waals surface area (Å²) in [4.78, 5) is 36.5. The van der Waals surface area contributed by atoms with Gasteiger partial charge in [-0.15, -0.1) is 0 Å². The molecule has 3 heterocycles. The van der Waals surface area contributed by atoms with E-state index in [2.05, 4.69) is 5.32 Å². The van der Waals surface area contributed by atoms with E-state index in [-0.39, 0.29) is 36.9 Å². The van der Waals surface area contributed by atoms with Crippen LogP contribution in [-0.4, -0.2) is 40.9 Å². The topological polar surface area (TPSA) is 114 Å². The molecule has 2 aliphatic rings. The summed E-state index contributed by atoms with van der Waals surface area (Å²) < 4.78 is 26.7. The van der Waals surface area contributed by atoms with Crippen LogP contribution in [0.25, 0.3) is 0 Å². The van der Waals surface area contributed by atoms with E-state index in [9.17, 15) is 19.5 Å². The van der Waals surface area contributed by atoms with Crippen LogP contribution in [0, 0.1) is 5.82 Å². The third kappa shape index (κ3) is 3.50. The lowest BCUT2D eigenvalue weighted by Gasteiger charge is -2.21. The molecule has 10 heteroatoms. The lowest BCUT2D eigenvalue weighted by Crippen LogP contribution is -2.33. The van der Waals surface area contributed by atoms with E-state index < -0.39 is 36.3 Å². The number of halogens is 1. The van der Waals surface area contributed by atoms with Gasteiger partial charge >= 0.3 is 11.8 Å². The van der Waals surface area contributed by atoms with Crippen molar-refractivity contribution in [2.24, 2.45) is 0 Å². The number of aliphatic hydroxyl groups excluding tert-OH is 1. The van der Waals surface area contributed by atoms with Crippen LogP contribution in [0.1, 0.15) is 29.9 Å². The van der Waals surface area contributed by atoms with Gasteiger partial charge < -0.3 is 19.6 Å². The van der Waals surface area contributed by atoms with Crippen LogP contribution < -0.4 is 16.0 Å². The number of allylic oxidation sites excluding steroid dienone is 2. The highest BCUT2D eigenvalue weighted by atomic mass is 19.1. The molecule has 158 valence electrons. The summed E-state index contributed by atoms with van der Waals surface area (Å²) in [6.45, 7) is 1.52. The minimum Gasteiger partial charge on any atom is -0.442 e. The molecular formula is C20H20FN3O6. The van der Waals surface area contributed by atoms with Gasteiger partial charge in [0.05, 0.1) is 24.5 Å². The molecule has 1 aromatic carbocycles. The van der Waals surface area contributed by atoms with Crippen LogP contribution in [0.4, 0.5) is 14.9 Å². The number of aliphatic hydroxyl groups is 1. The summed E-state index contributed by atoms with van der Waals surface area (Å²) in [5.74, 6) is -1.93. The largest absolute Gasteiger partial charge is 0.442 e. The average molecular weight is 417 g/mol. The van der Waals surface area contributed by atoms with E-state index in [1.165, 1.54) is 28.5 Å².